The maximum Gasteiger partial charge on any atom is 0.508 e. The molecule has 1 heterocycles. The van der Waals surface area contributed by atoms with E-state index in [0.29, 0.717) is 17.0 Å². The molecule has 0 fully saturated rings. The maximum absolute atomic E-state index is 13.7. The van der Waals surface area contributed by atoms with Gasteiger partial charge in [-0.05, 0) is 23.8 Å². The van der Waals surface area contributed by atoms with E-state index in [0.717, 1.165) is 7.11 Å². The van der Waals surface area contributed by atoms with E-state index in [1.807, 2.05) is 4.90 Å². The van der Waals surface area contributed by atoms with Crippen molar-refractivity contribution in [2.24, 2.45) is 0 Å². The van der Waals surface area contributed by atoms with Crippen molar-refractivity contribution in [3.8, 4) is 5.75 Å². The van der Waals surface area contributed by atoms with Gasteiger partial charge in [0.15, 0.2) is 0 Å². The second-order valence-corrected chi connectivity index (χ2v) is 7.05. The van der Waals surface area contributed by atoms with E-state index in [2.05, 4.69) is 10.1 Å². The van der Waals surface area contributed by atoms with E-state index in [9.17, 15) is 24.1 Å². The van der Waals surface area contributed by atoms with Gasteiger partial charge in [0.1, 0.15) is 24.8 Å². The van der Waals surface area contributed by atoms with Crippen molar-refractivity contribution in [2.75, 3.05) is 25.7 Å². The molecule has 1 aliphatic rings. The fourth-order valence-corrected chi connectivity index (χ4v) is 3.41. The number of carbonyl (C=O) groups is 2. The van der Waals surface area contributed by atoms with E-state index < -0.39 is 16.9 Å². The number of carbonyl (C=O) groups excluding carboxylic acids is 2. The normalized spacial score (nSPS) is 14.7. The van der Waals surface area contributed by atoms with Crippen molar-refractivity contribution in [1.29, 1.82) is 0 Å². The Morgan fingerprint density at radius 1 is 1.31 bits per heavy atom. The molecule has 1 N–H and O–H groups in total. The monoisotopic (exact) mass is 447 g/mol. The smallest absolute Gasteiger partial charge is 0.489 e. The number of rotatable bonds is 7. The molecular weight excluding hydrogens is 425 g/mol. The molecule has 0 radical (unpaired) electrons. The largest absolute Gasteiger partial charge is 0.508 e. The fraction of sp³-hybridized carbons (Fsp3) is 0.333. The van der Waals surface area contributed by atoms with E-state index in [1.54, 1.807) is 12.1 Å². The molecule has 0 saturated heterocycles. The Bertz CT molecular complexity index is 1030. The van der Waals surface area contributed by atoms with Crippen LogP contribution < -0.4 is 15.0 Å². The average Bonchev–Trinajstić information content (AvgIpc) is 2.78. The van der Waals surface area contributed by atoms with Crippen molar-refractivity contribution >= 4 is 23.4 Å². The van der Waals surface area contributed by atoms with Gasteiger partial charge in [-0.25, -0.2) is 9.18 Å². The highest BCUT2D eigenvalue weighted by atomic mass is 19.1. The summed E-state index contributed by atoms with van der Waals surface area (Å²) < 4.78 is 28.5. The number of halogens is 1. The fourth-order valence-electron chi connectivity index (χ4n) is 3.41. The van der Waals surface area contributed by atoms with Gasteiger partial charge < -0.3 is 24.4 Å². The first kappa shape index (κ1) is 22.8. The van der Waals surface area contributed by atoms with Gasteiger partial charge in [-0.15, -0.1) is 0 Å². The molecule has 0 aromatic heterocycles. The van der Waals surface area contributed by atoms with E-state index in [4.69, 9.17) is 9.47 Å². The van der Waals surface area contributed by atoms with Gasteiger partial charge in [-0.3, -0.25) is 14.9 Å². The van der Waals surface area contributed by atoms with E-state index in [1.165, 1.54) is 31.3 Å². The number of hydrogen-bond acceptors (Lipinski definition) is 8. The minimum atomic E-state index is -0.947. The molecule has 11 heteroatoms. The Labute approximate surface area is 183 Å². The summed E-state index contributed by atoms with van der Waals surface area (Å²) in [4.78, 5) is 36.0. The third-order valence-corrected chi connectivity index (χ3v) is 5.01. The average molecular weight is 447 g/mol. The van der Waals surface area contributed by atoms with Crippen LogP contribution in [0.15, 0.2) is 36.4 Å². The molecule has 32 heavy (non-hydrogen) atoms. The molecule has 1 aliphatic heterocycles. The molecular formula is C21H22FN3O7. The Morgan fingerprint density at radius 3 is 2.78 bits per heavy atom. The molecule has 0 bridgehead atoms. The minimum Gasteiger partial charge on any atom is -0.489 e. The number of benzene rings is 2. The lowest BCUT2D eigenvalue weighted by atomic mass is 10.0. The summed E-state index contributed by atoms with van der Waals surface area (Å²) in [5, 5.41) is 14.1. The molecule has 0 aliphatic carbocycles. The molecule has 1 amide bonds. The first-order valence-electron chi connectivity index (χ1n) is 9.69. The summed E-state index contributed by atoms with van der Waals surface area (Å²) in [6.45, 7) is 0.0435. The Balaban J connectivity index is 1.91. The number of methoxy groups -OCH3 is 1. The zero-order valence-corrected chi connectivity index (χ0v) is 17.5. The van der Waals surface area contributed by atoms with Crippen LogP contribution in [0.1, 0.15) is 17.5 Å². The van der Waals surface area contributed by atoms with Crippen LogP contribution in [0.5, 0.6) is 5.75 Å². The van der Waals surface area contributed by atoms with Crippen molar-refractivity contribution in [1.82, 2.24) is 5.32 Å². The number of amides is 1. The van der Waals surface area contributed by atoms with Gasteiger partial charge in [0.2, 0.25) is 5.91 Å². The summed E-state index contributed by atoms with van der Waals surface area (Å²) in [5.74, 6) is -0.328. The molecule has 170 valence electrons. The number of hydrogen-bond donors (Lipinski definition) is 1. The third-order valence-electron chi connectivity index (χ3n) is 5.01. The number of fused-ring (bicyclic) bond motifs is 1. The number of nitro benzene ring substituents is 1. The second-order valence-electron chi connectivity index (χ2n) is 7.05. The number of ether oxygens (including phenoxy) is 3. The van der Waals surface area contributed by atoms with E-state index in [-0.39, 0.29) is 49.4 Å². The molecule has 0 saturated carbocycles. The van der Waals surface area contributed by atoms with Crippen LogP contribution >= 0.6 is 0 Å². The van der Waals surface area contributed by atoms with Crippen LogP contribution in [0.25, 0.3) is 0 Å². The summed E-state index contributed by atoms with van der Waals surface area (Å²) in [7, 11) is 2.67. The molecule has 1 atom stereocenters. The molecule has 10 nitrogen and oxygen atoms in total. The van der Waals surface area contributed by atoms with Gasteiger partial charge in [0.25, 0.3) is 5.69 Å². The molecule has 2 aromatic carbocycles. The predicted molar refractivity (Wildman–Crippen MR) is 111 cm³/mol. The number of nitrogens with zero attached hydrogens (tertiary/aromatic N) is 2. The quantitative estimate of drug-likeness (QED) is 0.391. The SMILES string of the molecule is CNC(=O)CC1COc2cc(F)ccc2N1Cc1ccc(COC(=O)OC)c([N+](=O)[O-])c1. The first-order chi connectivity index (χ1) is 15.3. The highest BCUT2D eigenvalue weighted by molar-refractivity contribution is 5.77. The summed E-state index contributed by atoms with van der Waals surface area (Å²) in [6.07, 6.45) is -0.821. The highest BCUT2D eigenvalue weighted by Gasteiger charge is 2.30. The standard InChI is InChI=1S/C21H22FN3O7/c1-23-20(26)9-16-12-31-19-8-15(22)5-6-17(19)24(16)10-13-3-4-14(11-32-21(27)30-2)18(7-13)25(28)29/h3-8,16H,9-12H2,1-2H3,(H,23,26). The number of nitrogens with one attached hydrogen (secondary N) is 1. The van der Waals surface area contributed by atoms with Crippen molar-refractivity contribution in [3.63, 3.8) is 0 Å². The van der Waals surface area contributed by atoms with Crippen LogP contribution in [0.4, 0.5) is 20.6 Å². The van der Waals surface area contributed by atoms with Gasteiger partial charge in [-0.1, -0.05) is 6.07 Å². The van der Waals surface area contributed by atoms with Gasteiger partial charge in [0, 0.05) is 25.7 Å². The van der Waals surface area contributed by atoms with Gasteiger partial charge >= 0.3 is 6.16 Å². The first-order valence-corrected chi connectivity index (χ1v) is 9.69. The van der Waals surface area contributed by atoms with Crippen LogP contribution in [0.2, 0.25) is 0 Å². The number of anilines is 1. The van der Waals surface area contributed by atoms with Crippen LogP contribution in [-0.4, -0.2) is 43.8 Å². The van der Waals surface area contributed by atoms with Gasteiger partial charge in [0.05, 0.1) is 35.7 Å². The number of nitro groups is 1. The lowest BCUT2D eigenvalue weighted by Crippen LogP contribution is -2.45. The zero-order chi connectivity index (χ0) is 23.3. The predicted octanol–water partition coefficient (Wildman–Crippen LogP) is 2.92. The maximum atomic E-state index is 13.7. The highest BCUT2D eigenvalue weighted by Crippen LogP contribution is 2.37. The summed E-state index contributed by atoms with van der Waals surface area (Å²) >= 11 is 0. The Hall–Kier alpha value is -3.89. The van der Waals surface area contributed by atoms with Crippen LogP contribution in [0, 0.1) is 15.9 Å². The Morgan fingerprint density at radius 2 is 2.09 bits per heavy atom. The van der Waals surface area contributed by atoms with Crippen LogP contribution in [-0.2, 0) is 27.4 Å². The van der Waals surface area contributed by atoms with E-state index >= 15 is 0 Å². The molecule has 2 aromatic rings. The minimum absolute atomic E-state index is 0.125. The van der Waals surface area contributed by atoms with Crippen molar-refractivity contribution in [3.05, 3.63) is 63.5 Å². The third kappa shape index (κ3) is 5.23. The Kier molecular flexibility index (Phi) is 7.08. The summed E-state index contributed by atoms with van der Waals surface area (Å²) in [5.41, 5.74) is 1.14. The van der Waals surface area contributed by atoms with Crippen LogP contribution in [0.3, 0.4) is 0 Å². The molecule has 0 spiro atoms. The zero-order valence-electron chi connectivity index (χ0n) is 17.5. The molecule has 3 rings (SSSR count). The molecule has 1 unspecified atom stereocenters. The second kappa shape index (κ2) is 9.94. The summed E-state index contributed by atoms with van der Waals surface area (Å²) in [6, 6.07) is 8.27. The topological polar surface area (TPSA) is 120 Å². The van der Waals surface area contributed by atoms with Crippen molar-refractivity contribution in [2.45, 2.75) is 25.6 Å². The lowest BCUT2D eigenvalue weighted by molar-refractivity contribution is -0.385. The van der Waals surface area contributed by atoms with Crippen molar-refractivity contribution < 1.29 is 33.1 Å². The van der Waals surface area contributed by atoms with Gasteiger partial charge in [-0.2, -0.15) is 0 Å². The lowest BCUT2D eigenvalue weighted by Gasteiger charge is -2.38.